The van der Waals surface area contributed by atoms with E-state index in [1.807, 2.05) is 10.8 Å². The minimum absolute atomic E-state index is 0.00671. The molecular formula is C17H16FNO3S3. The van der Waals surface area contributed by atoms with Crippen molar-refractivity contribution in [2.75, 3.05) is 6.54 Å². The van der Waals surface area contributed by atoms with Crippen LogP contribution in [0, 0.1) is 12.7 Å². The zero-order chi connectivity index (χ0) is 18.1. The highest BCUT2D eigenvalue weighted by Gasteiger charge is 2.35. The summed E-state index contributed by atoms with van der Waals surface area (Å²) in [5.74, 6) is -0.496. The van der Waals surface area contributed by atoms with Crippen LogP contribution < -0.4 is 4.72 Å². The van der Waals surface area contributed by atoms with E-state index in [1.165, 1.54) is 41.7 Å². The molecule has 3 aromatic rings. The van der Waals surface area contributed by atoms with Crippen LogP contribution in [0.15, 0.2) is 57.4 Å². The van der Waals surface area contributed by atoms with Crippen LogP contribution in [0.1, 0.15) is 16.0 Å². The van der Waals surface area contributed by atoms with Gasteiger partial charge in [-0.25, -0.2) is 17.5 Å². The molecule has 0 aliphatic rings. The zero-order valence-electron chi connectivity index (χ0n) is 13.3. The van der Waals surface area contributed by atoms with Gasteiger partial charge in [-0.15, -0.1) is 11.3 Å². The van der Waals surface area contributed by atoms with E-state index in [-0.39, 0.29) is 11.4 Å². The van der Waals surface area contributed by atoms with Crippen LogP contribution in [0.2, 0.25) is 0 Å². The Kier molecular flexibility index (Phi) is 5.08. The third-order valence-electron chi connectivity index (χ3n) is 3.87. The Morgan fingerprint density at radius 1 is 1.24 bits per heavy atom. The van der Waals surface area contributed by atoms with Crippen molar-refractivity contribution in [3.8, 4) is 0 Å². The summed E-state index contributed by atoms with van der Waals surface area (Å²) in [5.41, 5.74) is -0.531. The highest BCUT2D eigenvalue weighted by Crippen LogP contribution is 2.34. The van der Waals surface area contributed by atoms with Crippen molar-refractivity contribution >= 4 is 32.7 Å². The van der Waals surface area contributed by atoms with Crippen molar-refractivity contribution in [2.24, 2.45) is 0 Å². The van der Waals surface area contributed by atoms with Crippen molar-refractivity contribution < 1.29 is 17.9 Å². The van der Waals surface area contributed by atoms with Crippen LogP contribution in [0.3, 0.4) is 0 Å². The summed E-state index contributed by atoms with van der Waals surface area (Å²) in [7, 11) is -3.89. The molecule has 8 heteroatoms. The largest absolute Gasteiger partial charge is 0.378 e. The maximum Gasteiger partial charge on any atom is 0.240 e. The Bertz CT molecular complexity index is 917. The van der Waals surface area contributed by atoms with E-state index in [0.29, 0.717) is 16.0 Å². The quantitative estimate of drug-likeness (QED) is 0.669. The van der Waals surface area contributed by atoms with Gasteiger partial charge in [0.15, 0.2) is 0 Å². The van der Waals surface area contributed by atoms with Crippen LogP contribution in [-0.4, -0.2) is 20.1 Å². The second kappa shape index (κ2) is 6.97. The van der Waals surface area contributed by atoms with Gasteiger partial charge in [0, 0.05) is 17.0 Å². The lowest BCUT2D eigenvalue weighted by Gasteiger charge is -2.27. The predicted molar refractivity (Wildman–Crippen MR) is 98.0 cm³/mol. The average Bonchev–Trinajstić information content (AvgIpc) is 3.26. The number of rotatable bonds is 6. The Balaban J connectivity index is 1.91. The first-order valence-corrected chi connectivity index (χ1v) is 10.7. The summed E-state index contributed by atoms with van der Waals surface area (Å²) in [6.45, 7) is 1.31. The minimum atomic E-state index is -3.89. The van der Waals surface area contributed by atoms with Crippen LogP contribution >= 0.6 is 22.7 Å². The van der Waals surface area contributed by atoms with E-state index in [0.717, 1.165) is 6.07 Å². The molecule has 2 N–H and O–H groups in total. The number of halogens is 1. The number of sulfonamides is 1. The molecule has 0 aliphatic carbocycles. The number of thiophene rings is 2. The van der Waals surface area contributed by atoms with Crippen LogP contribution in [0.5, 0.6) is 0 Å². The smallest absolute Gasteiger partial charge is 0.240 e. The summed E-state index contributed by atoms with van der Waals surface area (Å²) in [5, 5.41) is 16.6. The summed E-state index contributed by atoms with van der Waals surface area (Å²) in [4.78, 5) is 0.636. The normalized spacial score (nSPS) is 14.4. The van der Waals surface area contributed by atoms with Gasteiger partial charge < -0.3 is 5.11 Å². The third-order valence-corrected chi connectivity index (χ3v) is 7.14. The second-order valence-corrected chi connectivity index (χ2v) is 9.05. The Hall–Kier alpha value is -1.58. The number of hydrogen-bond donors (Lipinski definition) is 2. The predicted octanol–water partition coefficient (Wildman–Crippen LogP) is 3.47. The van der Waals surface area contributed by atoms with Gasteiger partial charge in [0.1, 0.15) is 11.4 Å². The fourth-order valence-corrected chi connectivity index (χ4v) is 5.39. The van der Waals surface area contributed by atoms with Gasteiger partial charge in [-0.05, 0) is 59.0 Å². The molecule has 0 saturated carbocycles. The third kappa shape index (κ3) is 3.68. The molecule has 132 valence electrons. The van der Waals surface area contributed by atoms with Gasteiger partial charge in [0.2, 0.25) is 10.0 Å². The first-order valence-electron chi connectivity index (χ1n) is 7.38. The van der Waals surface area contributed by atoms with Crippen LogP contribution in [0.25, 0.3) is 0 Å². The number of benzene rings is 1. The van der Waals surface area contributed by atoms with Crippen LogP contribution in [0.4, 0.5) is 4.39 Å². The molecule has 2 heterocycles. The van der Waals surface area contributed by atoms with Gasteiger partial charge in [0.25, 0.3) is 0 Å². The number of nitrogens with one attached hydrogen (secondary N) is 1. The molecule has 25 heavy (non-hydrogen) atoms. The topological polar surface area (TPSA) is 66.4 Å². The molecule has 3 rings (SSSR count). The van der Waals surface area contributed by atoms with Crippen molar-refractivity contribution in [1.29, 1.82) is 0 Å². The fraction of sp³-hybridized carbons (Fsp3) is 0.176. The van der Waals surface area contributed by atoms with E-state index in [2.05, 4.69) is 4.72 Å². The highest BCUT2D eigenvalue weighted by molar-refractivity contribution is 7.89. The van der Waals surface area contributed by atoms with Gasteiger partial charge in [-0.2, -0.15) is 11.3 Å². The Labute approximate surface area is 153 Å². The van der Waals surface area contributed by atoms with E-state index in [9.17, 15) is 17.9 Å². The Morgan fingerprint density at radius 3 is 2.64 bits per heavy atom. The summed E-state index contributed by atoms with van der Waals surface area (Å²) < 4.78 is 40.9. The lowest BCUT2D eigenvalue weighted by molar-refractivity contribution is 0.0903. The van der Waals surface area contributed by atoms with E-state index < -0.39 is 21.4 Å². The standard InChI is InChI=1S/C17H16FNO3S3/c1-12-9-14(18)4-5-15(12)25(21,22)19-11-17(20,13-6-8-23-10-13)16-3-2-7-24-16/h2-10,19-20H,11H2,1H3/t17-/m0/s1. The van der Waals surface area contributed by atoms with E-state index >= 15 is 0 Å². The first kappa shape index (κ1) is 18.2. The van der Waals surface area contributed by atoms with E-state index in [1.54, 1.807) is 23.6 Å². The molecule has 4 nitrogen and oxygen atoms in total. The molecular weight excluding hydrogens is 381 g/mol. The average molecular weight is 398 g/mol. The van der Waals surface area contributed by atoms with Gasteiger partial charge >= 0.3 is 0 Å². The van der Waals surface area contributed by atoms with Gasteiger partial charge in [-0.3, -0.25) is 0 Å². The number of hydrogen-bond acceptors (Lipinski definition) is 5. The number of aliphatic hydroxyl groups is 1. The molecule has 0 fully saturated rings. The highest BCUT2D eigenvalue weighted by atomic mass is 32.2. The summed E-state index contributed by atoms with van der Waals surface area (Å²) in [6, 6.07) is 8.82. The molecule has 0 radical (unpaired) electrons. The van der Waals surface area contributed by atoms with Crippen molar-refractivity contribution in [2.45, 2.75) is 17.4 Å². The molecule has 1 aromatic carbocycles. The second-order valence-electron chi connectivity index (χ2n) is 5.58. The Morgan fingerprint density at radius 2 is 2.04 bits per heavy atom. The minimum Gasteiger partial charge on any atom is -0.378 e. The maximum absolute atomic E-state index is 13.2. The molecule has 0 amide bonds. The number of aryl methyl sites for hydroxylation is 1. The lowest BCUT2D eigenvalue weighted by atomic mass is 9.95. The monoisotopic (exact) mass is 397 g/mol. The first-order chi connectivity index (χ1) is 11.8. The molecule has 0 aliphatic heterocycles. The van der Waals surface area contributed by atoms with Gasteiger partial charge in [0.05, 0.1) is 4.90 Å². The molecule has 2 aromatic heterocycles. The van der Waals surface area contributed by atoms with Crippen molar-refractivity contribution in [3.05, 3.63) is 74.4 Å². The van der Waals surface area contributed by atoms with E-state index in [4.69, 9.17) is 0 Å². The van der Waals surface area contributed by atoms with Gasteiger partial charge in [-0.1, -0.05) is 6.07 Å². The molecule has 1 atom stereocenters. The summed E-state index contributed by atoms with van der Waals surface area (Å²) in [6.07, 6.45) is 0. The zero-order valence-corrected chi connectivity index (χ0v) is 15.7. The lowest BCUT2D eigenvalue weighted by Crippen LogP contribution is -2.41. The summed E-state index contributed by atoms with van der Waals surface area (Å²) >= 11 is 2.77. The molecule has 0 bridgehead atoms. The maximum atomic E-state index is 13.2. The fourth-order valence-electron chi connectivity index (χ4n) is 2.54. The van der Waals surface area contributed by atoms with Crippen LogP contribution in [-0.2, 0) is 15.6 Å². The molecule has 0 spiro atoms. The molecule has 0 saturated heterocycles. The van der Waals surface area contributed by atoms with Crippen molar-refractivity contribution in [1.82, 2.24) is 4.72 Å². The molecule has 0 unspecified atom stereocenters. The van der Waals surface area contributed by atoms with Crippen molar-refractivity contribution in [3.63, 3.8) is 0 Å². The SMILES string of the molecule is Cc1cc(F)ccc1S(=O)(=O)NC[C@](O)(c1ccsc1)c1cccs1.